The van der Waals surface area contributed by atoms with E-state index in [1.807, 2.05) is 7.05 Å². The van der Waals surface area contributed by atoms with E-state index < -0.39 is 0 Å². The molecule has 0 aromatic heterocycles. The number of hydrogen-bond acceptors (Lipinski definition) is 2. The Labute approximate surface area is 127 Å². The minimum Gasteiger partial charge on any atom is -0.490 e. The molecular formula is C19H23NO. The van der Waals surface area contributed by atoms with Crippen molar-refractivity contribution in [2.24, 2.45) is 0 Å². The number of ether oxygens (including phenoxy) is 1. The largest absolute Gasteiger partial charge is 0.490 e. The van der Waals surface area contributed by atoms with Gasteiger partial charge in [0.15, 0.2) is 0 Å². The van der Waals surface area contributed by atoms with Crippen molar-refractivity contribution in [3.63, 3.8) is 0 Å². The predicted octanol–water partition coefficient (Wildman–Crippen LogP) is 4.15. The third-order valence-corrected chi connectivity index (χ3v) is 3.88. The highest BCUT2D eigenvalue weighted by atomic mass is 16.5. The Morgan fingerprint density at radius 1 is 1.00 bits per heavy atom. The average molecular weight is 281 g/mol. The Morgan fingerprint density at radius 2 is 1.71 bits per heavy atom. The Kier molecular flexibility index (Phi) is 3.98. The van der Waals surface area contributed by atoms with Crippen LogP contribution >= 0.6 is 0 Å². The van der Waals surface area contributed by atoms with Crippen molar-refractivity contribution < 1.29 is 4.74 Å². The van der Waals surface area contributed by atoms with Gasteiger partial charge in [-0.3, -0.25) is 0 Å². The lowest BCUT2D eigenvalue weighted by Crippen LogP contribution is -2.18. The van der Waals surface area contributed by atoms with Crippen molar-refractivity contribution >= 4 is 0 Å². The van der Waals surface area contributed by atoms with Crippen molar-refractivity contribution in [2.45, 2.75) is 38.8 Å². The molecule has 1 atom stereocenters. The van der Waals surface area contributed by atoms with E-state index in [0.29, 0.717) is 6.10 Å². The minimum absolute atomic E-state index is 0.200. The summed E-state index contributed by atoms with van der Waals surface area (Å²) in [5.74, 6) is 0.986. The highest BCUT2D eigenvalue weighted by Gasteiger charge is 2.23. The first kappa shape index (κ1) is 14.2. The third-order valence-electron chi connectivity index (χ3n) is 3.88. The van der Waals surface area contributed by atoms with Gasteiger partial charge >= 0.3 is 0 Å². The van der Waals surface area contributed by atoms with Crippen LogP contribution < -0.4 is 10.1 Å². The van der Waals surface area contributed by atoms with Crippen LogP contribution in [0.4, 0.5) is 0 Å². The first-order chi connectivity index (χ1) is 10.2. The van der Waals surface area contributed by atoms with Gasteiger partial charge in [-0.05, 0) is 57.0 Å². The van der Waals surface area contributed by atoms with Gasteiger partial charge in [0, 0.05) is 0 Å². The van der Waals surface area contributed by atoms with Crippen LogP contribution in [0, 0.1) is 13.8 Å². The zero-order valence-electron chi connectivity index (χ0n) is 13.0. The zero-order valence-corrected chi connectivity index (χ0v) is 13.0. The molecule has 0 aliphatic heterocycles. The summed E-state index contributed by atoms with van der Waals surface area (Å²) >= 11 is 0. The molecule has 0 radical (unpaired) electrons. The van der Waals surface area contributed by atoms with Crippen molar-refractivity contribution in [2.75, 3.05) is 7.05 Å². The highest BCUT2D eigenvalue weighted by molar-refractivity contribution is 5.39. The van der Waals surface area contributed by atoms with Gasteiger partial charge in [-0.25, -0.2) is 0 Å². The van der Waals surface area contributed by atoms with E-state index in [0.717, 1.165) is 5.75 Å². The Morgan fingerprint density at radius 3 is 2.33 bits per heavy atom. The second-order valence-corrected chi connectivity index (χ2v) is 6.03. The maximum Gasteiger partial charge on any atom is 0.120 e. The Bertz CT molecular complexity index is 611. The first-order valence-electron chi connectivity index (χ1n) is 7.68. The van der Waals surface area contributed by atoms with Gasteiger partial charge in [0.2, 0.25) is 0 Å². The molecule has 3 rings (SSSR count). The third kappa shape index (κ3) is 3.45. The quantitative estimate of drug-likeness (QED) is 0.889. The van der Waals surface area contributed by atoms with Gasteiger partial charge in [-0.15, -0.1) is 0 Å². The maximum atomic E-state index is 5.92. The van der Waals surface area contributed by atoms with Crippen LogP contribution in [-0.2, 0) is 0 Å². The Balaban J connectivity index is 1.91. The second-order valence-electron chi connectivity index (χ2n) is 6.03. The zero-order chi connectivity index (χ0) is 14.8. The molecule has 0 heterocycles. The van der Waals surface area contributed by atoms with Gasteiger partial charge in [0.25, 0.3) is 0 Å². The number of aryl methyl sites for hydroxylation is 2. The van der Waals surface area contributed by atoms with Gasteiger partial charge in [-0.1, -0.05) is 41.5 Å². The summed E-state index contributed by atoms with van der Waals surface area (Å²) in [4.78, 5) is 0. The van der Waals surface area contributed by atoms with Gasteiger partial charge in [-0.2, -0.15) is 0 Å². The molecular weight excluding hydrogens is 258 g/mol. The summed E-state index contributed by atoms with van der Waals surface area (Å²) in [5, 5.41) is 3.43. The fourth-order valence-corrected chi connectivity index (χ4v) is 2.85. The summed E-state index contributed by atoms with van der Waals surface area (Å²) in [6, 6.07) is 15.4. The Hall–Kier alpha value is -1.80. The van der Waals surface area contributed by atoms with E-state index in [1.165, 1.54) is 35.1 Å². The molecule has 1 N–H and O–H groups in total. The molecule has 1 aliphatic rings. The lowest BCUT2D eigenvalue weighted by Gasteiger charge is -2.19. The number of hydrogen-bond donors (Lipinski definition) is 1. The van der Waals surface area contributed by atoms with Crippen LogP contribution in [0.15, 0.2) is 42.5 Å². The van der Waals surface area contributed by atoms with Crippen LogP contribution in [-0.4, -0.2) is 13.2 Å². The molecule has 1 unspecified atom stereocenters. The molecule has 0 spiro atoms. The first-order valence-corrected chi connectivity index (χ1v) is 7.68. The summed E-state index contributed by atoms with van der Waals surface area (Å²) in [6.07, 6.45) is 2.82. The van der Waals surface area contributed by atoms with Crippen molar-refractivity contribution in [1.82, 2.24) is 5.32 Å². The smallest absolute Gasteiger partial charge is 0.120 e. The lowest BCUT2D eigenvalue weighted by atomic mass is 9.95. The fraction of sp³-hybridized carbons (Fsp3) is 0.368. The van der Waals surface area contributed by atoms with E-state index in [2.05, 4.69) is 61.6 Å². The molecule has 2 aromatic rings. The van der Waals surface area contributed by atoms with Gasteiger partial charge in [0.05, 0.1) is 12.1 Å². The summed E-state index contributed by atoms with van der Waals surface area (Å²) in [7, 11) is 2.01. The molecule has 110 valence electrons. The second kappa shape index (κ2) is 5.90. The summed E-state index contributed by atoms with van der Waals surface area (Å²) < 4.78 is 5.92. The normalized spacial score (nSPS) is 15.8. The molecule has 0 saturated heterocycles. The molecule has 0 bridgehead atoms. The summed E-state index contributed by atoms with van der Waals surface area (Å²) in [5.41, 5.74) is 5.16. The van der Waals surface area contributed by atoms with Crippen molar-refractivity contribution in [3.8, 4) is 5.75 Å². The van der Waals surface area contributed by atoms with Crippen LogP contribution in [0.25, 0.3) is 0 Å². The van der Waals surface area contributed by atoms with E-state index in [4.69, 9.17) is 4.74 Å². The predicted molar refractivity (Wildman–Crippen MR) is 86.9 cm³/mol. The van der Waals surface area contributed by atoms with E-state index in [-0.39, 0.29) is 6.04 Å². The molecule has 2 aromatic carbocycles. The SMILES string of the molecule is CNC(c1cc(C)cc(C)c1)c1cccc(OC2CC2)c1. The number of benzene rings is 2. The maximum absolute atomic E-state index is 5.92. The topological polar surface area (TPSA) is 21.3 Å². The van der Waals surface area contributed by atoms with Crippen molar-refractivity contribution in [1.29, 1.82) is 0 Å². The van der Waals surface area contributed by atoms with E-state index in [1.54, 1.807) is 0 Å². The summed E-state index contributed by atoms with van der Waals surface area (Å²) in [6.45, 7) is 4.30. The molecule has 1 fully saturated rings. The molecule has 2 nitrogen and oxygen atoms in total. The van der Waals surface area contributed by atoms with E-state index in [9.17, 15) is 0 Å². The molecule has 0 amide bonds. The standard InChI is InChI=1S/C19H23NO/c1-13-9-14(2)11-16(10-13)19(20-3)15-5-4-6-18(12-15)21-17-7-8-17/h4-6,9-12,17,19-20H,7-8H2,1-3H3. The van der Waals surface area contributed by atoms with Gasteiger partial charge < -0.3 is 10.1 Å². The highest BCUT2D eigenvalue weighted by Crippen LogP contribution is 2.30. The number of rotatable bonds is 5. The van der Waals surface area contributed by atoms with Crippen LogP contribution in [0.3, 0.4) is 0 Å². The molecule has 21 heavy (non-hydrogen) atoms. The van der Waals surface area contributed by atoms with Crippen LogP contribution in [0.5, 0.6) is 5.75 Å². The van der Waals surface area contributed by atoms with Crippen LogP contribution in [0.1, 0.15) is 41.1 Å². The molecule has 1 saturated carbocycles. The monoisotopic (exact) mass is 281 g/mol. The lowest BCUT2D eigenvalue weighted by molar-refractivity contribution is 0.302. The van der Waals surface area contributed by atoms with E-state index >= 15 is 0 Å². The van der Waals surface area contributed by atoms with Gasteiger partial charge in [0.1, 0.15) is 5.75 Å². The van der Waals surface area contributed by atoms with Crippen LogP contribution in [0.2, 0.25) is 0 Å². The number of nitrogens with one attached hydrogen (secondary N) is 1. The minimum atomic E-state index is 0.200. The average Bonchev–Trinajstić information content (AvgIpc) is 3.23. The molecule has 1 aliphatic carbocycles. The van der Waals surface area contributed by atoms with Crippen molar-refractivity contribution in [3.05, 3.63) is 64.7 Å². The molecule has 2 heteroatoms. The fourth-order valence-electron chi connectivity index (χ4n) is 2.85.